The summed E-state index contributed by atoms with van der Waals surface area (Å²) in [5.74, 6) is 0.943. The lowest BCUT2D eigenvalue weighted by atomic mass is 10.1. The highest BCUT2D eigenvalue weighted by Gasteiger charge is 2.12. The van der Waals surface area contributed by atoms with Crippen LogP contribution in [0, 0.1) is 0 Å². The Hall–Kier alpha value is -4.31. The molecule has 4 aromatic carbocycles. The summed E-state index contributed by atoms with van der Waals surface area (Å²) in [6.45, 7) is 0. The van der Waals surface area contributed by atoms with E-state index in [-0.39, 0.29) is 0 Å². The number of aliphatic imine (C=N–C) groups is 3. The number of nitrogens with zero attached hydrogens (tertiary/aromatic N) is 3. The molecule has 0 heterocycles. The summed E-state index contributed by atoms with van der Waals surface area (Å²) >= 11 is 0. The van der Waals surface area contributed by atoms with Crippen molar-refractivity contribution >= 4 is 17.9 Å². The number of amidine groups is 2. The van der Waals surface area contributed by atoms with Gasteiger partial charge in [-0.05, 0) is 11.1 Å². The van der Waals surface area contributed by atoms with Gasteiger partial charge in [0.05, 0.1) is 0 Å². The molecule has 4 rings (SSSR count). The van der Waals surface area contributed by atoms with Gasteiger partial charge in [0.25, 0.3) is 0 Å². The van der Waals surface area contributed by atoms with Crippen LogP contribution in [-0.4, -0.2) is 17.9 Å². The van der Waals surface area contributed by atoms with Gasteiger partial charge in [-0.1, -0.05) is 121 Å². The standard InChI is InChI=1S/C28H24N4/c29-26(23-15-7-2-8-16-23)31-28(25-19-11-4-12-20-25)32-27(24-17-9-3-10-18-24)30-21-22-13-5-1-6-14-22/h1-21,27H,(H2,29,31,32)/b30-21+. The molecule has 0 amide bonds. The van der Waals surface area contributed by atoms with Crippen LogP contribution in [0.1, 0.15) is 28.4 Å². The van der Waals surface area contributed by atoms with Gasteiger partial charge in [-0.25, -0.2) is 9.98 Å². The molecule has 0 bridgehead atoms. The van der Waals surface area contributed by atoms with Gasteiger partial charge < -0.3 is 5.73 Å². The Morgan fingerprint density at radius 1 is 0.625 bits per heavy atom. The monoisotopic (exact) mass is 416 g/mol. The van der Waals surface area contributed by atoms with Crippen LogP contribution in [0.5, 0.6) is 0 Å². The van der Waals surface area contributed by atoms with Gasteiger partial charge in [0.1, 0.15) is 5.84 Å². The van der Waals surface area contributed by atoms with Gasteiger partial charge in [-0.3, -0.25) is 4.99 Å². The summed E-state index contributed by atoms with van der Waals surface area (Å²) in [4.78, 5) is 14.4. The zero-order valence-corrected chi connectivity index (χ0v) is 17.6. The number of benzene rings is 4. The van der Waals surface area contributed by atoms with Crippen LogP contribution in [-0.2, 0) is 0 Å². The van der Waals surface area contributed by atoms with Crippen LogP contribution in [0.15, 0.2) is 136 Å². The maximum atomic E-state index is 6.34. The highest BCUT2D eigenvalue weighted by molar-refractivity contribution is 6.11. The quantitative estimate of drug-likeness (QED) is 0.320. The molecular formula is C28H24N4. The summed E-state index contributed by atoms with van der Waals surface area (Å²) in [6, 6.07) is 39.5. The lowest BCUT2D eigenvalue weighted by Gasteiger charge is -2.11. The van der Waals surface area contributed by atoms with Crippen LogP contribution in [0.2, 0.25) is 0 Å². The Balaban J connectivity index is 1.79. The summed E-state index contributed by atoms with van der Waals surface area (Å²) in [5, 5.41) is 0. The second-order valence-electron chi connectivity index (χ2n) is 7.16. The Morgan fingerprint density at radius 3 is 1.72 bits per heavy atom. The predicted molar refractivity (Wildman–Crippen MR) is 133 cm³/mol. The molecule has 0 spiro atoms. The molecule has 2 N–H and O–H groups in total. The molecule has 156 valence electrons. The van der Waals surface area contributed by atoms with E-state index in [4.69, 9.17) is 20.7 Å². The van der Waals surface area contributed by atoms with Crippen molar-refractivity contribution in [3.05, 3.63) is 144 Å². The highest BCUT2D eigenvalue weighted by atomic mass is 15.1. The second-order valence-corrected chi connectivity index (χ2v) is 7.16. The van der Waals surface area contributed by atoms with Crippen molar-refractivity contribution in [1.82, 2.24) is 0 Å². The molecule has 1 unspecified atom stereocenters. The third kappa shape index (κ3) is 5.64. The molecule has 0 saturated carbocycles. The van der Waals surface area contributed by atoms with Crippen molar-refractivity contribution in [3.63, 3.8) is 0 Å². The van der Waals surface area contributed by atoms with Crippen molar-refractivity contribution in [2.45, 2.75) is 6.17 Å². The first kappa shape index (κ1) is 20.9. The van der Waals surface area contributed by atoms with E-state index in [1.807, 2.05) is 128 Å². The molecule has 0 aliphatic heterocycles. The smallest absolute Gasteiger partial charge is 0.167 e. The van der Waals surface area contributed by atoms with Gasteiger partial charge in [-0.2, -0.15) is 0 Å². The Bertz CT molecular complexity index is 1200. The van der Waals surface area contributed by atoms with Crippen molar-refractivity contribution < 1.29 is 0 Å². The zero-order valence-electron chi connectivity index (χ0n) is 17.6. The van der Waals surface area contributed by atoms with Crippen molar-refractivity contribution in [2.24, 2.45) is 20.7 Å². The molecular weight excluding hydrogens is 392 g/mol. The average Bonchev–Trinajstić information content (AvgIpc) is 2.88. The first-order chi connectivity index (χ1) is 15.8. The Labute approximate surface area is 188 Å². The molecule has 0 aromatic heterocycles. The molecule has 32 heavy (non-hydrogen) atoms. The first-order valence-corrected chi connectivity index (χ1v) is 10.5. The maximum absolute atomic E-state index is 6.34. The van der Waals surface area contributed by atoms with Crippen molar-refractivity contribution in [1.29, 1.82) is 0 Å². The van der Waals surface area contributed by atoms with E-state index in [1.54, 1.807) is 0 Å². The van der Waals surface area contributed by atoms with Crippen LogP contribution >= 0.6 is 0 Å². The van der Waals surface area contributed by atoms with Crippen molar-refractivity contribution in [3.8, 4) is 0 Å². The van der Waals surface area contributed by atoms with E-state index in [9.17, 15) is 0 Å². The van der Waals surface area contributed by atoms with Crippen LogP contribution in [0.25, 0.3) is 0 Å². The topological polar surface area (TPSA) is 63.1 Å². The minimum atomic E-state index is -0.459. The third-order valence-electron chi connectivity index (χ3n) is 4.83. The van der Waals surface area contributed by atoms with Gasteiger partial charge in [-0.15, -0.1) is 0 Å². The Morgan fingerprint density at radius 2 is 1.12 bits per heavy atom. The fourth-order valence-electron chi connectivity index (χ4n) is 3.17. The molecule has 1 atom stereocenters. The number of rotatable bonds is 6. The van der Waals surface area contributed by atoms with Crippen LogP contribution in [0.4, 0.5) is 0 Å². The number of hydrogen-bond donors (Lipinski definition) is 1. The largest absolute Gasteiger partial charge is 0.383 e. The molecule has 4 aromatic rings. The zero-order chi connectivity index (χ0) is 22.0. The molecule has 0 aliphatic carbocycles. The summed E-state index contributed by atoms with van der Waals surface area (Å²) < 4.78 is 0. The maximum Gasteiger partial charge on any atom is 0.167 e. The fourth-order valence-corrected chi connectivity index (χ4v) is 3.17. The minimum Gasteiger partial charge on any atom is -0.383 e. The average molecular weight is 417 g/mol. The third-order valence-corrected chi connectivity index (χ3v) is 4.83. The lowest BCUT2D eigenvalue weighted by molar-refractivity contribution is 0.781. The normalized spacial score (nSPS) is 13.2. The summed E-state index contributed by atoms with van der Waals surface area (Å²) in [5.41, 5.74) is 10.1. The van der Waals surface area contributed by atoms with E-state index < -0.39 is 6.17 Å². The van der Waals surface area contributed by atoms with E-state index in [2.05, 4.69) is 0 Å². The van der Waals surface area contributed by atoms with E-state index >= 15 is 0 Å². The second kappa shape index (κ2) is 10.6. The molecule has 0 saturated heterocycles. The fraction of sp³-hybridized carbons (Fsp3) is 0.0357. The van der Waals surface area contributed by atoms with Crippen LogP contribution in [0.3, 0.4) is 0 Å². The number of hydrogen-bond acceptors (Lipinski definition) is 2. The minimum absolute atomic E-state index is 0.409. The molecule has 0 fully saturated rings. The van der Waals surface area contributed by atoms with E-state index in [0.717, 1.165) is 22.3 Å². The van der Waals surface area contributed by atoms with E-state index in [0.29, 0.717) is 11.7 Å². The molecule has 4 nitrogen and oxygen atoms in total. The van der Waals surface area contributed by atoms with Gasteiger partial charge >= 0.3 is 0 Å². The van der Waals surface area contributed by atoms with Gasteiger partial charge in [0.15, 0.2) is 12.0 Å². The van der Waals surface area contributed by atoms with Crippen LogP contribution < -0.4 is 5.73 Å². The summed E-state index contributed by atoms with van der Waals surface area (Å²) in [6.07, 6.45) is 1.38. The number of nitrogens with two attached hydrogens (primary N) is 1. The first-order valence-electron chi connectivity index (χ1n) is 10.5. The summed E-state index contributed by atoms with van der Waals surface area (Å²) in [7, 11) is 0. The molecule has 4 heteroatoms. The van der Waals surface area contributed by atoms with E-state index in [1.165, 1.54) is 0 Å². The highest BCUT2D eigenvalue weighted by Crippen LogP contribution is 2.21. The van der Waals surface area contributed by atoms with Gasteiger partial charge in [0, 0.05) is 17.3 Å². The molecule has 0 radical (unpaired) electrons. The SMILES string of the molecule is NC(=NC(=NC(/N=C/c1ccccc1)c1ccccc1)c1ccccc1)c1ccccc1. The Kier molecular flexibility index (Phi) is 6.96. The molecule has 0 aliphatic rings. The lowest BCUT2D eigenvalue weighted by Crippen LogP contribution is -2.16. The van der Waals surface area contributed by atoms with Gasteiger partial charge in [0.2, 0.25) is 0 Å². The predicted octanol–water partition coefficient (Wildman–Crippen LogP) is 5.66. The van der Waals surface area contributed by atoms with Crippen molar-refractivity contribution in [2.75, 3.05) is 0 Å².